The van der Waals surface area contributed by atoms with Gasteiger partial charge in [0.1, 0.15) is 11.6 Å². The Morgan fingerprint density at radius 2 is 1.76 bits per heavy atom. The van der Waals surface area contributed by atoms with Crippen molar-refractivity contribution in [1.82, 2.24) is 25.0 Å². The van der Waals surface area contributed by atoms with E-state index < -0.39 is 12.8 Å². The van der Waals surface area contributed by atoms with Gasteiger partial charge < -0.3 is 9.88 Å². The standard InChI is InChI=1S/C29H41F2N5O/c1-19(2)27-34-33-20(3)36(27)25-17-23-9-10-24(18-25)35(23)16-13-26(21-7-5-4-6-8-21)32-28(37)22-11-14-29(30,31)15-12-22/h4-8,19,22-26H,9-18H2,1-3H3,(H,32,37)/t23?,24?,25?,26-/m0/s1/i3D3. The number of piperidine rings is 1. The smallest absolute Gasteiger partial charge is 0.248 e. The zero-order valence-electron chi connectivity index (χ0n) is 24.9. The summed E-state index contributed by atoms with van der Waals surface area (Å²) in [5.74, 6) is -2.27. The highest BCUT2D eigenvalue weighted by atomic mass is 19.3. The maximum Gasteiger partial charge on any atom is 0.248 e. The van der Waals surface area contributed by atoms with Gasteiger partial charge in [-0.15, -0.1) is 10.2 Å². The molecule has 1 aromatic heterocycles. The normalized spacial score (nSPS) is 28.5. The Morgan fingerprint density at radius 3 is 2.38 bits per heavy atom. The summed E-state index contributed by atoms with van der Waals surface area (Å²) in [6.07, 6.45) is 4.51. The number of hydrogen-bond donors (Lipinski definition) is 1. The summed E-state index contributed by atoms with van der Waals surface area (Å²) in [5.41, 5.74) is 1.02. The molecular weight excluding hydrogens is 472 g/mol. The molecule has 2 saturated heterocycles. The Morgan fingerprint density at radius 1 is 1.08 bits per heavy atom. The molecule has 6 nitrogen and oxygen atoms in total. The number of alkyl halides is 2. The van der Waals surface area contributed by atoms with Crippen LogP contribution in [0.2, 0.25) is 0 Å². The number of halogens is 2. The second-order valence-corrected chi connectivity index (χ2v) is 11.5. The lowest BCUT2D eigenvalue weighted by atomic mass is 9.86. The van der Waals surface area contributed by atoms with Crippen LogP contribution in [0.3, 0.4) is 0 Å². The van der Waals surface area contributed by atoms with Gasteiger partial charge in [0.05, 0.1) is 6.04 Å². The number of nitrogens with one attached hydrogen (secondary N) is 1. The number of carbonyl (C=O) groups excluding carboxylic acids is 1. The second-order valence-electron chi connectivity index (χ2n) is 11.5. The van der Waals surface area contributed by atoms with E-state index in [1.807, 2.05) is 48.7 Å². The van der Waals surface area contributed by atoms with E-state index in [0.29, 0.717) is 12.1 Å². The van der Waals surface area contributed by atoms with Crippen molar-refractivity contribution < 1.29 is 17.7 Å². The lowest BCUT2D eigenvalue weighted by molar-refractivity contribution is -0.130. The summed E-state index contributed by atoms with van der Waals surface area (Å²) in [4.78, 5) is 15.7. The van der Waals surface area contributed by atoms with Gasteiger partial charge in [0.25, 0.3) is 0 Å². The van der Waals surface area contributed by atoms with Crippen molar-refractivity contribution in [3.05, 3.63) is 47.5 Å². The summed E-state index contributed by atoms with van der Waals surface area (Å²) in [5, 5.41) is 11.6. The molecule has 3 fully saturated rings. The van der Waals surface area contributed by atoms with Gasteiger partial charge >= 0.3 is 0 Å². The molecule has 2 aromatic rings. The summed E-state index contributed by atoms with van der Waals surface area (Å²) in [6, 6.07) is 10.4. The van der Waals surface area contributed by atoms with E-state index in [4.69, 9.17) is 4.11 Å². The number of rotatable bonds is 8. The lowest BCUT2D eigenvalue weighted by Gasteiger charge is -2.40. The fraction of sp³-hybridized carbons (Fsp3) is 0.690. The molecule has 2 aliphatic heterocycles. The first-order valence-corrected chi connectivity index (χ1v) is 13.9. The Hall–Kier alpha value is -2.35. The Bertz CT molecular complexity index is 1150. The molecule has 3 aliphatic rings. The van der Waals surface area contributed by atoms with Gasteiger partial charge in [0.15, 0.2) is 0 Å². The zero-order valence-corrected chi connectivity index (χ0v) is 21.9. The molecule has 5 rings (SSSR count). The van der Waals surface area contributed by atoms with E-state index in [0.717, 1.165) is 50.0 Å². The minimum atomic E-state index is -2.66. The molecule has 2 unspecified atom stereocenters. The molecule has 8 heteroatoms. The maximum absolute atomic E-state index is 13.7. The third-order valence-electron chi connectivity index (χ3n) is 8.75. The van der Waals surface area contributed by atoms with Gasteiger partial charge in [-0.25, -0.2) is 8.78 Å². The van der Waals surface area contributed by atoms with Crippen LogP contribution in [0.1, 0.15) is 111 Å². The summed E-state index contributed by atoms with van der Waals surface area (Å²) in [6.45, 7) is 2.52. The summed E-state index contributed by atoms with van der Waals surface area (Å²) >= 11 is 0. The molecule has 3 heterocycles. The molecule has 1 amide bonds. The molecule has 37 heavy (non-hydrogen) atoms. The number of amides is 1. The predicted molar refractivity (Wildman–Crippen MR) is 139 cm³/mol. The summed E-state index contributed by atoms with van der Waals surface area (Å²) in [7, 11) is 0. The number of aryl methyl sites for hydroxylation is 1. The fourth-order valence-electron chi connectivity index (χ4n) is 6.76. The van der Waals surface area contributed by atoms with Gasteiger partial charge in [0, 0.05) is 53.5 Å². The number of fused-ring (bicyclic) bond motifs is 2. The van der Waals surface area contributed by atoms with Crippen molar-refractivity contribution in [1.29, 1.82) is 0 Å². The van der Waals surface area contributed by atoms with E-state index in [9.17, 15) is 13.6 Å². The van der Waals surface area contributed by atoms with E-state index in [1.54, 1.807) is 0 Å². The molecule has 1 aromatic carbocycles. The van der Waals surface area contributed by atoms with Crippen LogP contribution >= 0.6 is 0 Å². The van der Waals surface area contributed by atoms with Crippen LogP contribution in [0.15, 0.2) is 30.3 Å². The molecule has 1 N–H and O–H groups in total. The largest absolute Gasteiger partial charge is 0.349 e. The molecule has 0 radical (unpaired) electrons. The summed E-state index contributed by atoms with van der Waals surface area (Å²) < 4.78 is 53.3. The topological polar surface area (TPSA) is 63.1 Å². The fourth-order valence-corrected chi connectivity index (χ4v) is 6.76. The van der Waals surface area contributed by atoms with E-state index in [1.165, 1.54) is 0 Å². The Labute approximate surface area is 223 Å². The van der Waals surface area contributed by atoms with Crippen molar-refractivity contribution >= 4 is 5.91 Å². The van der Waals surface area contributed by atoms with Crippen LogP contribution in [-0.4, -0.2) is 50.1 Å². The van der Waals surface area contributed by atoms with Crippen LogP contribution in [0.4, 0.5) is 8.78 Å². The highest BCUT2D eigenvalue weighted by Gasteiger charge is 2.42. The SMILES string of the molecule is [2H]C([2H])([2H])c1nnc(C(C)C)n1C1CC2CCC(C1)N2CC[C@H](NC(=O)C1CCC(F)(F)CC1)c1ccccc1. The molecule has 1 saturated carbocycles. The van der Waals surface area contributed by atoms with Gasteiger partial charge in [0.2, 0.25) is 11.8 Å². The third kappa shape index (κ3) is 5.74. The molecular formula is C29H41F2N5O. The first kappa shape index (κ1) is 22.6. The van der Waals surface area contributed by atoms with Gasteiger partial charge in [-0.05, 0) is 57.4 Å². The maximum atomic E-state index is 13.7. The number of benzene rings is 1. The second kappa shape index (κ2) is 10.8. The minimum Gasteiger partial charge on any atom is -0.349 e. The van der Waals surface area contributed by atoms with E-state index >= 15 is 0 Å². The third-order valence-corrected chi connectivity index (χ3v) is 8.75. The lowest BCUT2D eigenvalue weighted by Crippen LogP contribution is -2.45. The number of nitrogens with zero attached hydrogens (tertiary/aromatic N) is 4. The van der Waals surface area contributed by atoms with Gasteiger partial charge in [-0.1, -0.05) is 44.2 Å². The highest BCUT2D eigenvalue weighted by molar-refractivity contribution is 5.79. The number of carbonyl (C=O) groups is 1. The Kier molecular flexibility index (Phi) is 6.60. The molecule has 3 atom stereocenters. The van der Waals surface area contributed by atoms with Crippen molar-refractivity contribution in [3.63, 3.8) is 0 Å². The Balaban J connectivity index is 1.27. The molecule has 2 bridgehead atoms. The van der Waals surface area contributed by atoms with Gasteiger partial charge in [-0.2, -0.15) is 0 Å². The van der Waals surface area contributed by atoms with Crippen molar-refractivity contribution in [2.75, 3.05) is 6.54 Å². The van der Waals surface area contributed by atoms with Crippen molar-refractivity contribution in [3.8, 4) is 0 Å². The zero-order chi connectivity index (χ0) is 28.7. The van der Waals surface area contributed by atoms with Crippen molar-refractivity contribution in [2.45, 2.75) is 114 Å². The van der Waals surface area contributed by atoms with Crippen LogP contribution in [-0.2, 0) is 4.79 Å². The average molecular weight is 517 g/mol. The van der Waals surface area contributed by atoms with Crippen LogP contribution in [0.5, 0.6) is 0 Å². The molecule has 1 aliphatic carbocycles. The molecule has 0 spiro atoms. The van der Waals surface area contributed by atoms with Crippen LogP contribution in [0, 0.1) is 12.8 Å². The minimum absolute atomic E-state index is 0.0469. The van der Waals surface area contributed by atoms with E-state index in [2.05, 4.69) is 20.4 Å². The highest BCUT2D eigenvalue weighted by Crippen LogP contribution is 2.42. The number of aromatic nitrogens is 3. The van der Waals surface area contributed by atoms with Crippen LogP contribution in [0.25, 0.3) is 0 Å². The van der Waals surface area contributed by atoms with E-state index in [-0.39, 0.29) is 61.3 Å². The monoisotopic (exact) mass is 516 g/mol. The quantitative estimate of drug-likeness (QED) is 0.471. The van der Waals surface area contributed by atoms with Crippen LogP contribution < -0.4 is 5.32 Å². The van der Waals surface area contributed by atoms with Gasteiger partial charge in [-0.3, -0.25) is 9.69 Å². The average Bonchev–Trinajstić information content (AvgIpc) is 3.45. The predicted octanol–water partition coefficient (Wildman–Crippen LogP) is 5.95. The first-order valence-electron chi connectivity index (χ1n) is 15.4. The number of hydrogen-bond acceptors (Lipinski definition) is 4. The first-order chi connectivity index (χ1) is 18.9. The molecule has 202 valence electrons. The van der Waals surface area contributed by atoms with Crippen molar-refractivity contribution in [2.24, 2.45) is 5.92 Å².